The number of nitrogens with one attached hydrogen (secondary N) is 1. The standard InChI is InChI=1S/C12H14Cl2N2O/c13-9-2-3-10(11(14)8-9)12(17)16-6-1-4-15-5-7-16/h2-3,8,15H,1,4-7H2. The fraction of sp³-hybridized carbons (Fsp3) is 0.417. The normalized spacial score (nSPS) is 16.7. The van der Waals surface area contributed by atoms with E-state index in [0.29, 0.717) is 15.6 Å². The van der Waals surface area contributed by atoms with Crippen LogP contribution in [0.4, 0.5) is 0 Å². The first kappa shape index (κ1) is 12.7. The summed E-state index contributed by atoms with van der Waals surface area (Å²) in [5, 5.41) is 4.22. The summed E-state index contributed by atoms with van der Waals surface area (Å²) in [6.07, 6.45) is 0.969. The summed E-state index contributed by atoms with van der Waals surface area (Å²) in [4.78, 5) is 14.1. The largest absolute Gasteiger partial charge is 0.337 e. The highest BCUT2D eigenvalue weighted by Crippen LogP contribution is 2.22. The minimum absolute atomic E-state index is 0.0182. The predicted molar refractivity (Wildman–Crippen MR) is 69.9 cm³/mol. The van der Waals surface area contributed by atoms with E-state index < -0.39 is 0 Å². The van der Waals surface area contributed by atoms with Crippen LogP contribution >= 0.6 is 23.2 Å². The summed E-state index contributed by atoms with van der Waals surface area (Å²) in [6.45, 7) is 3.28. The molecular weight excluding hydrogens is 259 g/mol. The monoisotopic (exact) mass is 272 g/mol. The minimum atomic E-state index is -0.0182. The van der Waals surface area contributed by atoms with Gasteiger partial charge in [0.25, 0.3) is 5.91 Å². The molecule has 0 aliphatic carbocycles. The van der Waals surface area contributed by atoms with E-state index in [9.17, 15) is 4.79 Å². The molecule has 1 fully saturated rings. The average molecular weight is 273 g/mol. The van der Waals surface area contributed by atoms with Crippen LogP contribution < -0.4 is 5.32 Å². The number of hydrogen-bond acceptors (Lipinski definition) is 2. The molecule has 1 aromatic rings. The fourth-order valence-corrected chi connectivity index (χ4v) is 2.37. The van der Waals surface area contributed by atoms with Gasteiger partial charge in [-0.2, -0.15) is 0 Å². The lowest BCUT2D eigenvalue weighted by Gasteiger charge is -2.20. The van der Waals surface area contributed by atoms with Gasteiger partial charge in [-0.3, -0.25) is 4.79 Å². The van der Waals surface area contributed by atoms with Crippen molar-refractivity contribution in [3.8, 4) is 0 Å². The molecule has 0 aromatic heterocycles. The zero-order valence-corrected chi connectivity index (χ0v) is 10.9. The maximum atomic E-state index is 12.3. The maximum Gasteiger partial charge on any atom is 0.255 e. The molecule has 3 nitrogen and oxygen atoms in total. The molecule has 0 unspecified atom stereocenters. The number of halogens is 2. The number of rotatable bonds is 1. The van der Waals surface area contributed by atoms with Crippen LogP contribution in [0.3, 0.4) is 0 Å². The van der Waals surface area contributed by atoms with E-state index in [0.717, 1.165) is 32.6 Å². The summed E-state index contributed by atoms with van der Waals surface area (Å²) in [5.74, 6) is -0.0182. The Morgan fingerprint density at radius 2 is 2.06 bits per heavy atom. The summed E-state index contributed by atoms with van der Waals surface area (Å²) < 4.78 is 0. The topological polar surface area (TPSA) is 32.3 Å². The summed E-state index contributed by atoms with van der Waals surface area (Å²) in [7, 11) is 0. The van der Waals surface area contributed by atoms with Gasteiger partial charge in [-0.1, -0.05) is 23.2 Å². The Labute approximate surface area is 111 Å². The van der Waals surface area contributed by atoms with Crippen LogP contribution in [0.25, 0.3) is 0 Å². The summed E-state index contributed by atoms with van der Waals surface area (Å²) in [6, 6.07) is 4.98. The molecule has 1 N–H and O–H groups in total. The van der Waals surface area contributed by atoms with Gasteiger partial charge < -0.3 is 10.2 Å². The first-order chi connectivity index (χ1) is 8.18. The van der Waals surface area contributed by atoms with Gasteiger partial charge in [0, 0.05) is 24.7 Å². The Balaban J connectivity index is 2.17. The van der Waals surface area contributed by atoms with Gasteiger partial charge in [0.15, 0.2) is 0 Å². The molecule has 2 rings (SSSR count). The molecule has 1 aliphatic rings. The highest BCUT2D eigenvalue weighted by molar-refractivity contribution is 6.36. The number of benzene rings is 1. The number of hydrogen-bond donors (Lipinski definition) is 1. The van der Waals surface area contributed by atoms with Crippen molar-refractivity contribution in [2.24, 2.45) is 0 Å². The average Bonchev–Trinajstić information content (AvgIpc) is 2.56. The predicted octanol–water partition coefficient (Wildman–Crippen LogP) is 2.43. The van der Waals surface area contributed by atoms with Crippen LogP contribution in [0.2, 0.25) is 10.0 Å². The van der Waals surface area contributed by atoms with Crippen molar-refractivity contribution in [1.82, 2.24) is 10.2 Å². The van der Waals surface area contributed by atoms with E-state index >= 15 is 0 Å². The van der Waals surface area contributed by atoms with Gasteiger partial charge in [-0.25, -0.2) is 0 Å². The number of carbonyl (C=O) groups is 1. The molecule has 0 bridgehead atoms. The third kappa shape index (κ3) is 3.12. The van der Waals surface area contributed by atoms with Crippen LogP contribution in [0.5, 0.6) is 0 Å². The zero-order valence-electron chi connectivity index (χ0n) is 9.38. The SMILES string of the molecule is O=C(c1ccc(Cl)cc1Cl)N1CCCNCC1. The van der Waals surface area contributed by atoms with Crippen molar-refractivity contribution < 1.29 is 4.79 Å². The van der Waals surface area contributed by atoms with E-state index in [-0.39, 0.29) is 5.91 Å². The molecule has 1 amide bonds. The molecule has 1 heterocycles. The van der Waals surface area contributed by atoms with Crippen molar-refractivity contribution in [3.05, 3.63) is 33.8 Å². The van der Waals surface area contributed by atoms with E-state index in [1.165, 1.54) is 0 Å². The third-order valence-corrected chi connectivity index (χ3v) is 3.34. The highest BCUT2D eigenvalue weighted by Gasteiger charge is 2.19. The van der Waals surface area contributed by atoms with Crippen molar-refractivity contribution in [2.75, 3.05) is 26.2 Å². The molecule has 0 atom stereocenters. The zero-order chi connectivity index (χ0) is 12.3. The lowest BCUT2D eigenvalue weighted by molar-refractivity contribution is 0.0766. The third-order valence-electron chi connectivity index (χ3n) is 2.79. The lowest BCUT2D eigenvalue weighted by Crippen LogP contribution is -2.34. The second-order valence-corrected chi connectivity index (χ2v) is 4.86. The first-order valence-corrected chi connectivity index (χ1v) is 6.39. The quantitative estimate of drug-likeness (QED) is 0.852. The van der Waals surface area contributed by atoms with Gasteiger partial charge in [0.2, 0.25) is 0 Å². The van der Waals surface area contributed by atoms with E-state index in [1.807, 2.05) is 4.90 Å². The maximum absolute atomic E-state index is 12.3. The Morgan fingerprint density at radius 1 is 1.24 bits per heavy atom. The van der Waals surface area contributed by atoms with Gasteiger partial charge in [-0.05, 0) is 31.2 Å². The molecule has 5 heteroatoms. The molecule has 0 radical (unpaired) electrons. The van der Waals surface area contributed by atoms with Crippen LogP contribution in [0.15, 0.2) is 18.2 Å². The van der Waals surface area contributed by atoms with Crippen LogP contribution in [-0.4, -0.2) is 37.0 Å². The van der Waals surface area contributed by atoms with Gasteiger partial charge in [0.05, 0.1) is 10.6 Å². The Hall–Kier alpha value is -0.770. The Kier molecular flexibility index (Phi) is 4.26. The van der Waals surface area contributed by atoms with E-state index in [2.05, 4.69) is 5.32 Å². The Morgan fingerprint density at radius 3 is 2.82 bits per heavy atom. The summed E-state index contributed by atoms with van der Waals surface area (Å²) in [5.41, 5.74) is 0.526. The molecule has 92 valence electrons. The van der Waals surface area contributed by atoms with E-state index in [4.69, 9.17) is 23.2 Å². The molecule has 1 saturated heterocycles. The second kappa shape index (κ2) is 5.71. The van der Waals surface area contributed by atoms with Crippen molar-refractivity contribution in [1.29, 1.82) is 0 Å². The smallest absolute Gasteiger partial charge is 0.255 e. The molecule has 0 spiro atoms. The van der Waals surface area contributed by atoms with Crippen molar-refractivity contribution in [2.45, 2.75) is 6.42 Å². The lowest BCUT2D eigenvalue weighted by atomic mass is 10.2. The van der Waals surface area contributed by atoms with Crippen LogP contribution in [-0.2, 0) is 0 Å². The molecule has 1 aliphatic heterocycles. The van der Waals surface area contributed by atoms with E-state index in [1.54, 1.807) is 18.2 Å². The van der Waals surface area contributed by atoms with Crippen molar-refractivity contribution in [3.63, 3.8) is 0 Å². The minimum Gasteiger partial charge on any atom is -0.337 e. The van der Waals surface area contributed by atoms with Crippen LogP contribution in [0.1, 0.15) is 16.8 Å². The number of nitrogens with zero attached hydrogens (tertiary/aromatic N) is 1. The molecule has 1 aromatic carbocycles. The van der Waals surface area contributed by atoms with Gasteiger partial charge >= 0.3 is 0 Å². The van der Waals surface area contributed by atoms with Crippen molar-refractivity contribution >= 4 is 29.1 Å². The first-order valence-electron chi connectivity index (χ1n) is 5.63. The molecule has 0 saturated carbocycles. The van der Waals surface area contributed by atoms with Gasteiger partial charge in [-0.15, -0.1) is 0 Å². The Bertz CT molecular complexity index is 415. The second-order valence-electron chi connectivity index (χ2n) is 4.02. The summed E-state index contributed by atoms with van der Waals surface area (Å²) >= 11 is 11.9. The number of amides is 1. The fourth-order valence-electron chi connectivity index (χ4n) is 1.88. The number of carbonyl (C=O) groups excluding carboxylic acids is 1. The highest BCUT2D eigenvalue weighted by atomic mass is 35.5. The van der Waals surface area contributed by atoms with Gasteiger partial charge in [0.1, 0.15) is 0 Å². The molecule has 17 heavy (non-hydrogen) atoms. The van der Waals surface area contributed by atoms with Crippen LogP contribution in [0, 0.1) is 0 Å². The molecular formula is C12H14Cl2N2O.